The number of furan rings is 1. The van der Waals surface area contributed by atoms with Gasteiger partial charge in [0, 0.05) is 12.5 Å². The number of aliphatic hydroxyl groups excluding tert-OH is 1. The van der Waals surface area contributed by atoms with Gasteiger partial charge in [0.05, 0.1) is 5.76 Å². The summed E-state index contributed by atoms with van der Waals surface area (Å²) in [6.07, 6.45) is 1.58. The lowest BCUT2D eigenvalue weighted by Crippen LogP contribution is -1.93. The van der Waals surface area contributed by atoms with E-state index in [4.69, 9.17) is 9.52 Å². The van der Waals surface area contributed by atoms with E-state index in [-0.39, 0.29) is 23.1 Å². The second kappa shape index (κ2) is 5.52. The second-order valence-corrected chi connectivity index (χ2v) is 4.22. The fourth-order valence-electron chi connectivity index (χ4n) is 1.67. The van der Waals surface area contributed by atoms with Crippen molar-refractivity contribution >= 4 is 5.78 Å². The fraction of sp³-hybridized carbons (Fsp3) is 0.133. The van der Waals surface area contributed by atoms with Crippen LogP contribution in [0.2, 0.25) is 0 Å². The molecule has 1 N–H and O–H groups in total. The van der Waals surface area contributed by atoms with Gasteiger partial charge in [-0.05, 0) is 36.8 Å². The summed E-state index contributed by atoms with van der Waals surface area (Å²) in [5, 5.41) is 9.02. The maximum absolute atomic E-state index is 12.8. The van der Waals surface area contributed by atoms with Gasteiger partial charge in [-0.1, -0.05) is 12.1 Å². The van der Waals surface area contributed by atoms with Gasteiger partial charge in [-0.2, -0.15) is 0 Å². The van der Waals surface area contributed by atoms with Crippen LogP contribution in [-0.2, 0) is 6.42 Å². The van der Waals surface area contributed by atoms with E-state index < -0.39 is 0 Å². The van der Waals surface area contributed by atoms with Gasteiger partial charge in [-0.25, -0.2) is 4.39 Å². The highest BCUT2D eigenvalue weighted by atomic mass is 19.1. The van der Waals surface area contributed by atoms with Crippen LogP contribution in [0.15, 0.2) is 52.7 Å². The fourth-order valence-corrected chi connectivity index (χ4v) is 1.67. The van der Waals surface area contributed by atoms with E-state index in [2.05, 4.69) is 0 Å². The van der Waals surface area contributed by atoms with Gasteiger partial charge in [0.15, 0.2) is 5.76 Å². The van der Waals surface area contributed by atoms with Crippen LogP contribution in [0.25, 0.3) is 0 Å². The van der Waals surface area contributed by atoms with Crippen molar-refractivity contribution in [2.24, 2.45) is 0 Å². The molecule has 0 amide bonds. The van der Waals surface area contributed by atoms with Crippen LogP contribution < -0.4 is 0 Å². The molecule has 0 aliphatic heterocycles. The average Bonchev–Trinajstić information content (AvgIpc) is 2.80. The highest BCUT2D eigenvalue weighted by molar-refractivity contribution is 6.02. The van der Waals surface area contributed by atoms with Crippen molar-refractivity contribution in [1.82, 2.24) is 0 Å². The molecule has 0 saturated heterocycles. The molecule has 19 heavy (non-hydrogen) atoms. The third-order valence-electron chi connectivity index (χ3n) is 2.54. The van der Waals surface area contributed by atoms with E-state index in [0.717, 1.165) is 11.6 Å². The zero-order valence-electron chi connectivity index (χ0n) is 10.4. The Bertz CT molecular complexity index is 605. The van der Waals surface area contributed by atoms with Gasteiger partial charge >= 0.3 is 0 Å². The molecule has 2 aromatic rings. The van der Waals surface area contributed by atoms with Gasteiger partial charge in [0.2, 0.25) is 5.78 Å². The summed E-state index contributed by atoms with van der Waals surface area (Å²) >= 11 is 0. The highest BCUT2D eigenvalue weighted by Gasteiger charge is 2.09. The van der Waals surface area contributed by atoms with E-state index in [9.17, 15) is 9.18 Å². The van der Waals surface area contributed by atoms with Crippen molar-refractivity contribution in [2.75, 3.05) is 0 Å². The van der Waals surface area contributed by atoms with Gasteiger partial charge in [0.1, 0.15) is 11.6 Å². The normalized spacial score (nSPS) is 11.6. The molecule has 0 spiro atoms. The Morgan fingerprint density at radius 1 is 1.26 bits per heavy atom. The van der Waals surface area contributed by atoms with Gasteiger partial charge in [-0.3, -0.25) is 4.79 Å². The summed E-state index contributed by atoms with van der Waals surface area (Å²) in [5.41, 5.74) is 0.892. The minimum atomic E-state index is -0.384. The monoisotopic (exact) mass is 260 g/mol. The predicted octanol–water partition coefficient (Wildman–Crippen LogP) is 3.65. The molecule has 4 heteroatoms. The molecule has 1 aromatic heterocycles. The van der Waals surface area contributed by atoms with Crippen LogP contribution in [0, 0.1) is 5.82 Å². The molecule has 3 nitrogen and oxygen atoms in total. The second-order valence-electron chi connectivity index (χ2n) is 4.22. The zero-order chi connectivity index (χ0) is 13.8. The summed E-state index contributed by atoms with van der Waals surface area (Å²) in [7, 11) is 0. The summed E-state index contributed by atoms with van der Waals surface area (Å²) in [6, 6.07) is 9.33. The molecule has 0 bridgehead atoms. The Balaban J connectivity index is 2.11. The molecule has 0 atom stereocenters. The van der Waals surface area contributed by atoms with Crippen LogP contribution in [0.5, 0.6) is 0 Å². The van der Waals surface area contributed by atoms with Crippen molar-refractivity contribution in [1.29, 1.82) is 0 Å². The SMILES string of the molecule is CC(O)=CC(=O)c1ccc(Cc2ccc(F)cc2)o1. The van der Waals surface area contributed by atoms with E-state index >= 15 is 0 Å². The maximum atomic E-state index is 12.8. The number of halogens is 1. The Kier molecular flexibility index (Phi) is 3.80. The zero-order valence-corrected chi connectivity index (χ0v) is 10.4. The number of rotatable bonds is 4. The van der Waals surface area contributed by atoms with Gasteiger partial charge < -0.3 is 9.52 Å². The molecule has 1 aromatic carbocycles. The van der Waals surface area contributed by atoms with Crippen LogP contribution in [0.1, 0.15) is 28.8 Å². The van der Waals surface area contributed by atoms with Crippen molar-refractivity contribution in [2.45, 2.75) is 13.3 Å². The number of carbonyl (C=O) groups excluding carboxylic acids is 1. The lowest BCUT2D eigenvalue weighted by Gasteiger charge is -1.98. The smallest absolute Gasteiger partial charge is 0.224 e. The number of hydrogen-bond acceptors (Lipinski definition) is 3. The van der Waals surface area contributed by atoms with E-state index in [1.165, 1.54) is 19.1 Å². The Labute approximate surface area is 110 Å². The Morgan fingerprint density at radius 2 is 1.95 bits per heavy atom. The molecule has 0 aliphatic carbocycles. The standard InChI is InChI=1S/C15H13FO3/c1-10(17)8-14(18)15-7-6-13(19-15)9-11-2-4-12(16)5-3-11/h2-8,17H,9H2,1H3. The average molecular weight is 260 g/mol. The highest BCUT2D eigenvalue weighted by Crippen LogP contribution is 2.15. The molecule has 0 fully saturated rings. The van der Waals surface area contributed by atoms with Crippen molar-refractivity contribution in [3.8, 4) is 0 Å². The Hall–Kier alpha value is -2.36. The van der Waals surface area contributed by atoms with Crippen LogP contribution >= 0.6 is 0 Å². The minimum Gasteiger partial charge on any atom is -0.512 e. The lowest BCUT2D eigenvalue weighted by molar-refractivity contribution is 0.101. The molecule has 0 radical (unpaired) electrons. The first-order chi connectivity index (χ1) is 9.04. The lowest BCUT2D eigenvalue weighted by atomic mass is 10.1. The summed E-state index contributed by atoms with van der Waals surface area (Å²) in [4.78, 5) is 11.6. The topological polar surface area (TPSA) is 50.4 Å². The number of aliphatic hydroxyl groups is 1. The first kappa shape index (κ1) is 13.1. The molecule has 0 unspecified atom stereocenters. The van der Waals surface area contributed by atoms with Gasteiger partial charge in [-0.15, -0.1) is 0 Å². The van der Waals surface area contributed by atoms with Crippen LogP contribution in [0.4, 0.5) is 4.39 Å². The van der Waals surface area contributed by atoms with Crippen molar-refractivity contribution in [3.63, 3.8) is 0 Å². The predicted molar refractivity (Wildman–Crippen MR) is 68.6 cm³/mol. The molecule has 98 valence electrons. The first-order valence-electron chi connectivity index (χ1n) is 5.79. The van der Waals surface area contributed by atoms with E-state index in [0.29, 0.717) is 12.2 Å². The summed E-state index contributed by atoms with van der Waals surface area (Å²) in [6.45, 7) is 1.42. The first-order valence-corrected chi connectivity index (χ1v) is 5.79. The molecule has 1 heterocycles. The van der Waals surface area contributed by atoms with Crippen molar-refractivity contribution in [3.05, 3.63) is 71.1 Å². The molecular formula is C15H13FO3. The molecular weight excluding hydrogens is 247 g/mol. The maximum Gasteiger partial charge on any atom is 0.224 e. The van der Waals surface area contributed by atoms with E-state index in [1.807, 2.05) is 0 Å². The Morgan fingerprint density at radius 3 is 2.58 bits per heavy atom. The summed E-state index contributed by atoms with van der Waals surface area (Å²) in [5.74, 6) is 0.0407. The largest absolute Gasteiger partial charge is 0.512 e. The third-order valence-corrected chi connectivity index (χ3v) is 2.54. The number of carbonyl (C=O) groups is 1. The minimum absolute atomic E-state index is 0.0681. The summed E-state index contributed by atoms with van der Waals surface area (Å²) < 4.78 is 18.1. The number of allylic oxidation sites excluding steroid dienone is 2. The number of hydrogen-bond donors (Lipinski definition) is 1. The molecule has 0 saturated carbocycles. The number of ketones is 1. The van der Waals surface area contributed by atoms with E-state index in [1.54, 1.807) is 24.3 Å². The number of benzene rings is 1. The quantitative estimate of drug-likeness (QED) is 0.518. The molecule has 2 rings (SSSR count). The van der Waals surface area contributed by atoms with Crippen molar-refractivity contribution < 1.29 is 18.7 Å². The molecule has 0 aliphatic rings. The van der Waals surface area contributed by atoms with Gasteiger partial charge in [0.25, 0.3) is 0 Å². The van der Waals surface area contributed by atoms with Crippen LogP contribution in [-0.4, -0.2) is 10.9 Å². The van der Waals surface area contributed by atoms with Crippen LogP contribution in [0.3, 0.4) is 0 Å². The third kappa shape index (κ3) is 3.55.